The van der Waals surface area contributed by atoms with Crippen molar-refractivity contribution in [2.45, 2.75) is 22.9 Å². The minimum absolute atomic E-state index is 0.0976. The highest BCUT2D eigenvalue weighted by Gasteiger charge is 2.36. The lowest BCUT2D eigenvalue weighted by Gasteiger charge is -2.15. The summed E-state index contributed by atoms with van der Waals surface area (Å²) in [5, 5.41) is 2.44. The first-order valence-electron chi connectivity index (χ1n) is 4.02. The van der Waals surface area contributed by atoms with Gasteiger partial charge in [-0.25, -0.2) is 9.59 Å². The van der Waals surface area contributed by atoms with E-state index in [1.807, 2.05) is 0 Å². The topological polar surface area (TPSA) is 64.6 Å². The number of esters is 1. The van der Waals surface area contributed by atoms with E-state index in [0.717, 1.165) is 0 Å². The van der Waals surface area contributed by atoms with E-state index in [4.69, 9.17) is 39.5 Å². The van der Waals surface area contributed by atoms with Crippen LogP contribution in [0.15, 0.2) is 0 Å². The molecule has 86 valence electrons. The first kappa shape index (κ1) is 12.7. The maximum atomic E-state index is 11.0. The van der Waals surface area contributed by atoms with Crippen LogP contribution in [0.3, 0.4) is 0 Å². The van der Waals surface area contributed by atoms with E-state index in [2.05, 4.69) is 10.1 Å². The highest BCUT2D eigenvalue weighted by atomic mass is 35.6. The van der Waals surface area contributed by atoms with Gasteiger partial charge in [-0.1, -0.05) is 34.8 Å². The van der Waals surface area contributed by atoms with Gasteiger partial charge in [0.25, 0.3) is 3.79 Å². The highest BCUT2D eigenvalue weighted by Crippen LogP contribution is 2.27. The summed E-state index contributed by atoms with van der Waals surface area (Å²) in [4.78, 5) is 21.8. The zero-order valence-electron chi connectivity index (χ0n) is 7.63. The number of hydrogen-bond acceptors (Lipinski definition) is 4. The second-order valence-electron chi connectivity index (χ2n) is 2.96. The Bertz CT molecular complexity index is 278. The molecule has 0 saturated carbocycles. The molecule has 0 aromatic heterocycles. The van der Waals surface area contributed by atoms with E-state index < -0.39 is 21.9 Å². The van der Waals surface area contributed by atoms with Crippen LogP contribution in [0, 0.1) is 0 Å². The molecule has 0 unspecified atom stereocenters. The largest absolute Gasteiger partial charge is 0.460 e. The van der Waals surface area contributed by atoms with Crippen LogP contribution >= 0.6 is 34.8 Å². The lowest BCUT2D eigenvalue weighted by Crippen LogP contribution is -2.37. The van der Waals surface area contributed by atoms with E-state index in [9.17, 15) is 9.59 Å². The van der Waals surface area contributed by atoms with Crippen molar-refractivity contribution >= 4 is 46.9 Å². The number of amides is 1. The Morgan fingerprint density at radius 1 is 1.60 bits per heavy atom. The molecule has 0 aliphatic carbocycles. The van der Waals surface area contributed by atoms with Gasteiger partial charge >= 0.3 is 12.1 Å². The number of carbonyl (C=O) groups excluding carboxylic acids is 2. The normalized spacial score (nSPS) is 25.7. The SMILES string of the molecule is C[C@@H]1OC(=O)N[C@H]1COC(=O)C(Cl)(Cl)Cl. The van der Waals surface area contributed by atoms with Crippen molar-refractivity contribution in [1.29, 1.82) is 0 Å². The fourth-order valence-corrected chi connectivity index (χ4v) is 1.14. The van der Waals surface area contributed by atoms with Gasteiger partial charge in [0.15, 0.2) is 0 Å². The summed E-state index contributed by atoms with van der Waals surface area (Å²) in [6.45, 7) is 1.56. The summed E-state index contributed by atoms with van der Waals surface area (Å²) >= 11 is 15.8. The van der Waals surface area contributed by atoms with Crippen LogP contribution in [0.25, 0.3) is 0 Å². The summed E-state index contributed by atoms with van der Waals surface area (Å²) in [5.41, 5.74) is 0. The molecule has 1 aliphatic rings. The van der Waals surface area contributed by atoms with Crippen LogP contribution in [0.1, 0.15) is 6.92 Å². The van der Waals surface area contributed by atoms with Gasteiger partial charge < -0.3 is 14.8 Å². The molecule has 1 saturated heterocycles. The third kappa shape index (κ3) is 3.59. The van der Waals surface area contributed by atoms with Crippen LogP contribution in [-0.2, 0) is 14.3 Å². The van der Waals surface area contributed by atoms with E-state index in [1.54, 1.807) is 6.92 Å². The number of alkyl carbamates (subject to hydrolysis) is 1. The van der Waals surface area contributed by atoms with E-state index in [1.165, 1.54) is 0 Å². The van der Waals surface area contributed by atoms with E-state index in [0.29, 0.717) is 0 Å². The molecule has 0 bridgehead atoms. The molecule has 1 N–H and O–H groups in total. The van der Waals surface area contributed by atoms with Crippen LogP contribution in [0.2, 0.25) is 0 Å². The number of alkyl halides is 3. The molecule has 5 nitrogen and oxygen atoms in total. The average molecular weight is 277 g/mol. The molecule has 1 fully saturated rings. The fraction of sp³-hybridized carbons (Fsp3) is 0.714. The zero-order chi connectivity index (χ0) is 11.6. The number of cyclic esters (lactones) is 1. The van der Waals surface area contributed by atoms with Crippen molar-refractivity contribution < 1.29 is 19.1 Å². The molecule has 0 radical (unpaired) electrons. The lowest BCUT2D eigenvalue weighted by molar-refractivity contribution is -0.143. The van der Waals surface area contributed by atoms with Crippen molar-refractivity contribution in [1.82, 2.24) is 5.32 Å². The number of halogens is 3. The summed E-state index contributed by atoms with van der Waals surface area (Å²) in [6, 6.07) is -0.422. The number of carbonyl (C=O) groups is 2. The van der Waals surface area contributed by atoms with Gasteiger partial charge in [-0.2, -0.15) is 0 Å². The summed E-state index contributed by atoms with van der Waals surface area (Å²) in [6.07, 6.45) is -0.946. The first-order valence-corrected chi connectivity index (χ1v) is 5.15. The number of hydrogen-bond donors (Lipinski definition) is 1. The quantitative estimate of drug-likeness (QED) is 0.611. The third-order valence-corrected chi connectivity index (χ3v) is 2.25. The number of rotatable bonds is 2. The monoisotopic (exact) mass is 275 g/mol. The van der Waals surface area contributed by atoms with Gasteiger partial charge in [-0.05, 0) is 6.92 Å². The molecular formula is C7H8Cl3NO4. The van der Waals surface area contributed by atoms with Crippen LogP contribution < -0.4 is 5.32 Å². The predicted molar refractivity (Wildman–Crippen MR) is 54.1 cm³/mol. The molecule has 2 atom stereocenters. The molecule has 1 rings (SSSR count). The van der Waals surface area contributed by atoms with E-state index >= 15 is 0 Å². The Kier molecular flexibility index (Phi) is 3.92. The molecular weight excluding hydrogens is 268 g/mol. The predicted octanol–water partition coefficient (Wildman–Crippen LogP) is 1.40. The molecule has 1 amide bonds. The Labute approximate surface area is 101 Å². The van der Waals surface area contributed by atoms with E-state index in [-0.39, 0.29) is 12.7 Å². The summed E-state index contributed by atoms with van der Waals surface area (Å²) < 4.78 is 7.33. The van der Waals surface area contributed by atoms with Gasteiger partial charge in [-0.3, -0.25) is 0 Å². The van der Waals surface area contributed by atoms with Crippen LogP contribution in [0.4, 0.5) is 4.79 Å². The smallest absolute Gasteiger partial charge is 0.407 e. The Morgan fingerprint density at radius 2 is 2.20 bits per heavy atom. The van der Waals surface area contributed by atoms with Gasteiger partial charge in [0.1, 0.15) is 18.8 Å². The zero-order valence-corrected chi connectivity index (χ0v) is 9.90. The minimum Gasteiger partial charge on any atom is -0.460 e. The fourth-order valence-electron chi connectivity index (χ4n) is 0.978. The standard InChI is InChI=1S/C7H8Cl3NO4/c1-3-4(11-6(13)15-3)2-14-5(12)7(8,9)10/h3-4H,2H2,1H3,(H,11,13)/t3-,4-/m0/s1. The molecule has 0 aromatic carbocycles. The van der Waals surface area contributed by atoms with Crippen molar-refractivity contribution in [3.63, 3.8) is 0 Å². The Balaban J connectivity index is 2.38. The lowest BCUT2D eigenvalue weighted by atomic mass is 10.2. The van der Waals surface area contributed by atoms with Gasteiger partial charge in [-0.15, -0.1) is 0 Å². The van der Waals surface area contributed by atoms with Gasteiger partial charge in [0.05, 0.1) is 0 Å². The Morgan fingerprint density at radius 3 is 2.60 bits per heavy atom. The summed E-state index contributed by atoms with van der Waals surface area (Å²) in [5.74, 6) is -0.985. The summed E-state index contributed by atoms with van der Waals surface area (Å²) in [7, 11) is 0. The molecule has 1 heterocycles. The highest BCUT2D eigenvalue weighted by molar-refractivity contribution is 6.75. The molecule has 8 heteroatoms. The van der Waals surface area contributed by atoms with Crippen molar-refractivity contribution in [3.8, 4) is 0 Å². The van der Waals surface area contributed by atoms with Crippen molar-refractivity contribution in [3.05, 3.63) is 0 Å². The van der Waals surface area contributed by atoms with Crippen LogP contribution in [0.5, 0.6) is 0 Å². The molecule has 0 aromatic rings. The van der Waals surface area contributed by atoms with Gasteiger partial charge in [0, 0.05) is 0 Å². The first-order chi connectivity index (χ1) is 6.80. The van der Waals surface area contributed by atoms with Crippen molar-refractivity contribution in [2.75, 3.05) is 6.61 Å². The molecule has 1 aliphatic heterocycles. The maximum Gasteiger partial charge on any atom is 0.407 e. The maximum absolute atomic E-state index is 11.0. The number of ether oxygens (including phenoxy) is 2. The average Bonchev–Trinajstić information content (AvgIpc) is 2.39. The van der Waals surface area contributed by atoms with Crippen molar-refractivity contribution in [2.24, 2.45) is 0 Å². The minimum atomic E-state index is -2.10. The number of nitrogens with one attached hydrogen (secondary N) is 1. The Hall–Kier alpha value is -0.390. The second-order valence-corrected chi connectivity index (χ2v) is 5.24. The van der Waals surface area contributed by atoms with Gasteiger partial charge in [0.2, 0.25) is 0 Å². The molecule has 15 heavy (non-hydrogen) atoms. The third-order valence-electron chi connectivity index (χ3n) is 1.79. The second kappa shape index (κ2) is 4.63. The molecule has 0 spiro atoms. The van der Waals surface area contributed by atoms with Crippen LogP contribution in [-0.4, -0.2) is 34.6 Å².